The van der Waals surface area contributed by atoms with Gasteiger partial charge in [0.2, 0.25) is 0 Å². The molecule has 0 fully saturated rings. The van der Waals surface area contributed by atoms with Crippen LogP contribution in [0.4, 0.5) is 0 Å². The van der Waals surface area contributed by atoms with E-state index in [1.165, 1.54) is 6.92 Å². The Hall–Kier alpha value is -1.43. The van der Waals surface area contributed by atoms with Gasteiger partial charge in [-0.05, 0) is 35.3 Å². The average molecular weight is 377 g/mol. The highest BCUT2D eigenvalue weighted by molar-refractivity contribution is 6.74. The second kappa shape index (κ2) is 8.50. The molecule has 1 aromatic carbocycles. The summed E-state index contributed by atoms with van der Waals surface area (Å²) in [5, 5.41) is 0.155. The maximum Gasteiger partial charge on any atom is 0.303 e. The highest BCUT2D eigenvalue weighted by Gasteiger charge is 2.38. The van der Waals surface area contributed by atoms with Gasteiger partial charge in [-0.3, -0.25) is 4.79 Å². The molecule has 1 aliphatic carbocycles. The molecule has 0 bridgehead atoms. The largest absolute Gasteiger partial charge is 0.458 e. The fourth-order valence-electron chi connectivity index (χ4n) is 2.64. The summed E-state index contributed by atoms with van der Waals surface area (Å²) >= 11 is 0. The molecule has 26 heavy (non-hydrogen) atoms. The molecule has 0 aliphatic heterocycles. The Morgan fingerprint density at radius 3 is 2.38 bits per heavy atom. The summed E-state index contributed by atoms with van der Waals surface area (Å²) < 4.78 is 17.9. The second-order valence-corrected chi connectivity index (χ2v) is 13.3. The van der Waals surface area contributed by atoms with E-state index in [0.717, 1.165) is 11.1 Å². The van der Waals surface area contributed by atoms with Crippen LogP contribution in [0.1, 0.15) is 39.7 Å². The van der Waals surface area contributed by atoms with E-state index in [1.807, 2.05) is 36.4 Å². The van der Waals surface area contributed by atoms with Crippen LogP contribution in [0.3, 0.4) is 0 Å². The van der Waals surface area contributed by atoms with Crippen molar-refractivity contribution in [1.29, 1.82) is 0 Å². The van der Waals surface area contributed by atoms with Crippen LogP contribution in [0.15, 0.2) is 42.0 Å². The first kappa shape index (κ1) is 20.9. The predicted molar refractivity (Wildman–Crippen MR) is 106 cm³/mol. The summed E-state index contributed by atoms with van der Waals surface area (Å²) in [6.45, 7) is 13.7. The van der Waals surface area contributed by atoms with Gasteiger partial charge in [-0.15, -0.1) is 0 Å². The van der Waals surface area contributed by atoms with E-state index in [-0.39, 0.29) is 23.2 Å². The van der Waals surface area contributed by atoms with Gasteiger partial charge < -0.3 is 13.9 Å². The maximum atomic E-state index is 11.3. The van der Waals surface area contributed by atoms with E-state index < -0.39 is 8.32 Å². The predicted octanol–water partition coefficient (Wildman–Crippen LogP) is 4.86. The minimum Gasteiger partial charge on any atom is -0.458 e. The van der Waals surface area contributed by atoms with Crippen LogP contribution in [0.5, 0.6) is 0 Å². The van der Waals surface area contributed by atoms with Crippen LogP contribution >= 0.6 is 0 Å². The average Bonchev–Trinajstić information content (AvgIpc) is 2.92. The number of benzene rings is 1. The van der Waals surface area contributed by atoms with Gasteiger partial charge in [-0.25, -0.2) is 0 Å². The van der Waals surface area contributed by atoms with Crippen molar-refractivity contribution in [2.75, 3.05) is 6.61 Å². The molecule has 4 nitrogen and oxygen atoms in total. The van der Waals surface area contributed by atoms with Crippen molar-refractivity contribution in [3.05, 3.63) is 47.5 Å². The number of hydrogen-bond donors (Lipinski definition) is 0. The summed E-state index contributed by atoms with van der Waals surface area (Å²) in [6.07, 6.45) is 2.35. The summed E-state index contributed by atoms with van der Waals surface area (Å²) in [5.74, 6) is -0.264. The third-order valence-corrected chi connectivity index (χ3v) is 9.76. The quantitative estimate of drug-likeness (QED) is 0.387. The molecule has 0 amide bonds. The van der Waals surface area contributed by atoms with Gasteiger partial charge in [0.1, 0.15) is 6.10 Å². The zero-order valence-corrected chi connectivity index (χ0v) is 17.9. The first-order valence-corrected chi connectivity index (χ1v) is 12.2. The van der Waals surface area contributed by atoms with Crippen molar-refractivity contribution in [1.82, 2.24) is 0 Å². The lowest BCUT2D eigenvalue weighted by Gasteiger charge is -2.36. The zero-order valence-electron chi connectivity index (χ0n) is 16.9. The van der Waals surface area contributed by atoms with Crippen LogP contribution in [0.25, 0.3) is 0 Å². The number of ether oxygens (including phenoxy) is 2. The third-order valence-electron chi connectivity index (χ3n) is 5.28. The zero-order chi connectivity index (χ0) is 19.4. The first-order valence-electron chi connectivity index (χ1n) is 9.26. The minimum atomic E-state index is -1.85. The van der Waals surface area contributed by atoms with Crippen LogP contribution in [-0.4, -0.2) is 33.1 Å². The molecule has 0 unspecified atom stereocenters. The lowest BCUT2D eigenvalue weighted by Crippen LogP contribution is -2.41. The van der Waals surface area contributed by atoms with Gasteiger partial charge in [0.15, 0.2) is 8.32 Å². The topological polar surface area (TPSA) is 44.8 Å². The monoisotopic (exact) mass is 376 g/mol. The molecule has 0 radical (unpaired) electrons. The SMILES string of the molecule is CC(=O)O[C@H]1C=C(CO[Si](C)(C)C(C)(C)C)[C@@H](OCc2ccccc2)C1. The first-order chi connectivity index (χ1) is 12.1. The van der Waals surface area contributed by atoms with E-state index in [0.29, 0.717) is 19.6 Å². The van der Waals surface area contributed by atoms with Crippen LogP contribution in [-0.2, 0) is 25.3 Å². The van der Waals surface area contributed by atoms with Crippen molar-refractivity contribution < 1.29 is 18.7 Å². The van der Waals surface area contributed by atoms with Gasteiger partial charge in [-0.1, -0.05) is 51.1 Å². The molecule has 0 N–H and O–H groups in total. The molecular formula is C21H32O4Si. The van der Waals surface area contributed by atoms with E-state index in [9.17, 15) is 4.79 Å². The van der Waals surface area contributed by atoms with Gasteiger partial charge >= 0.3 is 5.97 Å². The fraction of sp³-hybridized carbons (Fsp3) is 0.571. The summed E-state index contributed by atoms with van der Waals surface area (Å²) in [5.41, 5.74) is 2.21. The molecule has 0 saturated carbocycles. The van der Waals surface area contributed by atoms with Crippen molar-refractivity contribution in [3.8, 4) is 0 Å². The number of carbonyl (C=O) groups is 1. The second-order valence-electron chi connectivity index (χ2n) is 8.46. The van der Waals surface area contributed by atoms with Crippen molar-refractivity contribution in [2.24, 2.45) is 0 Å². The van der Waals surface area contributed by atoms with Crippen molar-refractivity contribution >= 4 is 14.3 Å². The molecule has 5 heteroatoms. The Morgan fingerprint density at radius 2 is 1.81 bits per heavy atom. The Labute approximate surface area is 158 Å². The molecular weight excluding hydrogens is 344 g/mol. The maximum absolute atomic E-state index is 11.3. The Bertz CT molecular complexity index is 631. The lowest BCUT2D eigenvalue weighted by atomic mass is 10.2. The summed E-state index contributed by atoms with van der Waals surface area (Å²) in [4.78, 5) is 11.3. The summed E-state index contributed by atoms with van der Waals surface area (Å²) in [6, 6.07) is 10.1. The molecule has 0 aromatic heterocycles. The number of rotatable bonds is 7. The molecule has 2 rings (SSSR count). The minimum absolute atomic E-state index is 0.0793. The van der Waals surface area contributed by atoms with Crippen molar-refractivity contribution in [2.45, 2.75) is 71.1 Å². The molecule has 144 valence electrons. The molecule has 1 aromatic rings. The van der Waals surface area contributed by atoms with E-state index >= 15 is 0 Å². The van der Waals surface area contributed by atoms with Crippen LogP contribution in [0.2, 0.25) is 18.1 Å². The van der Waals surface area contributed by atoms with Gasteiger partial charge in [0, 0.05) is 13.3 Å². The van der Waals surface area contributed by atoms with Gasteiger partial charge in [-0.2, -0.15) is 0 Å². The Morgan fingerprint density at radius 1 is 1.15 bits per heavy atom. The number of esters is 1. The van der Waals surface area contributed by atoms with Crippen LogP contribution < -0.4 is 0 Å². The lowest BCUT2D eigenvalue weighted by molar-refractivity contribution is -0.144. The fourth-order valence-corrected chi connectivity index (χ4v) is 3.60. The van der Waals surface area contributed by atoms with E-state index in [2.05, 4.69) is 33.9 Å². The normalized spacial score (nSPS) is 20.8. The molecule has 0 heterocycles. The summed E-state index contributed by atoms with van der Waals surface area (Å²) in [7, 11) is -1.85. The van der Waals surface area contributed by atoms with Gasteiger partial charge in [0.25, 0.3) is 0 Å². The molecule has 0 spiro atoms. The highest BCUT2D eigenvalue weighted by atomic mass is 28.4. The Balaban J connectivity index is 2.03. The van der Waals surface area contributed by atoms with Crippen molar-refractivity contribution in [3.63, 3.8) is 0 Å². The van der Waals surface area contributed by atoms with Gasteiger partial charge in [0.05, 0.1) is 19.3 Å². The standard InChI is InChI=1S/C21H32O4Si/c1-16(22)25-19-12-18(15-24-26(5,6)21(2,3)4)20(13-19)23-14-17-10-8-7-9-11-17/h7-12,19-20H,13-15H2,1-6H3/t19-,20-/m0/s1. The third kappa shape index (κ3) is 5.79. The number of hydrogen-bond acceptors (Lipinski definition) is 4. The van der Waals surface area contributed by atoms with E-state index in [1.54, 1.807) is 0 Å². The molecule has 2 atom stereocenters. The highest BCUT2D eigenvalue weighted by Crippen LogP contribution is 2.37. The smallest absolute Gasteiger partial charge is 0.303 e. The van der Waals surface area contributed by atoms with E-state index in [4.69, 9.17) is 13.9 Å². The number of carbonyl (C=O) groups excluding carboxylic acids is 1. The molecule has 0 saturated heterocycles. The van der Waals surface area contributed by atoms with Crippen LogP contribution in [0, 0.1) is 0 Å². The molecule has 1 aliphatic rings. The Kier molecular flexibility index (Phi) is 6.83.